The normalized spacial score (nSPS) is 10.0. The highest BCUT2D eigenvalue weighted by Crippen LogP contribution is 2.29. The largest absolute Gasteiger partial charge is 0.493 e. The molecule has 0 amide bonds. The molecule has 0 radical (unpaired) electrons. The predicted octanol–water partition coefficient (Wildman–Crippen LogP) is 3.20. The van der Waals surface area contributed by atoms with Crippen molar-refractivity contribution in [3.8, 4) is 11.5 Å². The number of esters is 1. The molecule has 2 aromatic rings. The zero-order chi connectivity index (χ0) is 15.2. The van der Waals surface area contributed by atoms with E-state index >= 15 is 0 Å². The van der Waals surface area contributed by atoms with Gasteiger partial charge in [-0.2, -0.15) is 0 Å². The van der Waals surface area contributed by atoms with Crippen LogP contribution in [0.5, 0.6) is 11.5 Å². The van der Waals surface area contributed by atoms with Crippen LogP contribution in [0.4, 0.5) is 4.39 Å². The van der Waals surface area contributed by atoms with Crippen LogP contribution in [0.2, 0.25) is 0 Å². The summed E-state index contributed by atoms with van der Waals surface area (Å²) in [6.45, 7) is 0.0700. The van der Waals surface area contributed by atoms with Crippen molar-refractivity contribution in [1.82, 2.24) is 0 Å². The Hall–Kier alpha value is -2.56. The summed E-state index contributed by atoms with van der Waals surface area (Å²) in [6, 6.07) is 11.0. The second-order valence-corrected chi connectivity index (χ2v) is 4.24. The van der Waals surface area contributed by atoms with E-state index in [0.717, 1.165) is 0 Å². The second-order valence-electron chi connectivity index (χ2n) is 4.24. The first-order chi connectivity index (χ1) is 10.2. The average molecular weight is 290 g/mol. The van der Waals surface area contributed by atoms with Gasteiger partial charge in [0.15, 0.2) is 11.5 Å². The van der Waals surface area contributed by atoms with Crippen molar-refractivity contribution in [1.29, 1.82) is 0 Å². The molecule has 0 saturated heterocycles. The molecule has 0 aliphatic heterocycles. The van der Waals surface area contributed by atoms with E-state index in [1.807, 2.05) is 0 Å². The lowest BCUT2D eigenvalue weighted by Gasteiger charge is -2.12. The van der Waals surface area contributed by atoms with Crippen molar-refractivity contribution in [3.05, 3.63) is 59.4 Å². The van der Waals surface area contributed by atoms with Gasteiger partial charge in [0, 0.05) is 5.56 Å². The van der Waals surface area contributed by atoms with Crippen molar-refractivity contribution < 1.29 is 23.4 Å². The maximum Gasteiger partial charge on any atom is 0.337 e. The summed E-state index contributed by atoms with van der Waals surface area (Å²) in [4.78, 5) is 11.4. The van der Waals surface area contributed by atoms with Gasteiger partial charge in [-0.05, 0) is 24.3 Å². The van der Waals surface area contributed by atoms with Crippen LogP contribution in [0.15, 0.2) is 42.5 Å². The van der Waals surface area contributed by atoms with Crippen LogP contribution in [-0.2, 0) is 11.3 Å². The summed E-state index contributed by atoms with van der Waals surface area (Å²) in [5.74, 6) is 0.0132. The molecule has 0 heterocycles. The fourth-order valence-corrected chi connectivity index (χ4v) is 1.80. The van der Waals surface area contributed by atoms with E-state index in [2.05, 4.69) is 4.74 Å². The van der Waals surface area contributed by atoms with Gasteiger partial charge in [-0.15, -0.1) is 0 Å². The molecule has 2 rings (SSSR count). The molecule has 0 N–H and O–H groups in total. The van der Waals surface area contributed by atoms with E-state index in [0.29, 0.717) is 22.6 Å². The lowest BCUT2D eigenvalue weighted by molar-refractivity contribution is 0.0600. The number of rotatable bonds is 5. The maximum absolute atomic E-state index is 13.5. The van der Waals surface area contributed by atoms with Gasteiger partial charge in [-0.1, -0.05) is 18.2 Å². The molecule has 0 saturated carbocycles. The number of carbonyl (C=O) groups excluding carboxylic acids is 1. The quantitative estimate of drug-likeness (QED) is 0.793. The van der Waals surface area contributed by atoms with E-state index < -0.39 is 5.97 Å². The molecule has 0 aliphatic rings. The molecule has 110 valence electrons. The molecule has 0 fully saturated rings. The fourth-order valence-electron chi connectivity index (χ4n) is 1.80. The van der Waals surface area contributed by atoms with Crippen LogP contribution in [0, 0.1) is 5.82 Å². The smallest absolute Gasteiger partial charge is 0.337 e. The van der Waals surface area contributed by atoms with E-state index in [1.165, 1.54) is 26.4 Å². The Morgan fingerprint density at radius 1 is 1.10 bits per heavy atom. The second kappa shape index (κ2) is 6.74. The minimum absolute atomic E-state index is 0.0700. The van der Waals surface area contributed by atoms with Gasteiger partial charge >= 0.3 is 5.97 Å². The summed E-state index contributed by atoms with van der Waals surface area (Å²) < 4.78 is 28.9. The Kier molecular flexibility index (Phi) is 4.77. The van der Waals surface area contributed by atoms with E-state index in [4.69, 9.17) is 9.47 Å². The van der Waals surface area contributed by atoms with Gasteiger partial charge < -0.3 is 14.2 Å². The number of halogens is 1. The molecule has 21 heavy (non-hydrogen) atoms. The molecule has 5 heteroatoms. The predicted molar refractivity (Wildman–Crippen MR) is 75.1 cm³/mol. The molecule has 0 aromatic heterocycles. The van der Waals surface area contributed by atoms with Gasteiger partial charge in [-0.3, -0.25) is 0 Å². The SMILES string of the molecule is COC(=O)c1ccc(OCc2ccccc2F)c(OC)c1. The summed E-state index contributed by atoms with van der Waals surface area (Å²) in [5.41, 5.74) is 0.796. The Morgan fingerprint density at radius 3 is 2.52 bits per heavy atom. The molecule has 4 nitrogen and oxygen atoms in total. The maximum atomic E-state index is 13.5. The van der Waals surface area contributed by atoms with Crippen molar-refractivity contribution >= 4 is 5.97 Å². The number of methoxy groups -OCH3 is 2. The Morgan fingerprint density at radius 2 is 1.86 bits per heavy atom. The molecule has 2 aromatic carbocycles. The number of benzene rings is 2. The van der Waals surface area contributed by atoms with E-state index in [1.54, 1.807) is 30.3 Å². The molecular formula is C16H15FO4. The summed E-state index contributed by atoms with van der Waals surface area (Å²) in [7, 11) is 2.77. The third-order valence-electron chi connectivity index (χ3n) is 2.93. The number of hydrogen-bond acceptors (Lipinski definition) is 4. The third kappa shape index (κ3) is 3.51. The molecule has 0 unspecified atom stereocenters. The lowest BCUT2D eigenvalue weighted by atomic mass is 10.2. The summed E-state index contributed by atoms with van der Waals surface area (Å²) in [5, 5.41) is 0. The van der Waals surface area contributed by atoms with Gasteiger partial charge in [0.1, 0.15) is 12.4 Å². The third-order valence-corrected chi connectivity index (χ3v) is 2.93. The van der Waals surface area contributed by atoms with Crippen molar-refractivity contribution in [2.75, 3.05) is 14.2 Å². The summed E-state index contributed by atoms with van der Waals surface area (Å²) in [6.07, 6.45) is 0. The molecular weight excluding hydrogens is 275 g/mol. The average Bonchev–Trinajstić information content (AvgIpc) is 2.53. The Bertz CT molecular complexity index is 640. The van der Waals surface area contributed by atoms with Crippen LogP contribution in [0.25, 0.3) is 0 Å². The highest BCUT2D eigenvalue weighted by atomic mass is 19.1. The van der Waals surface area contributed by atoms with Crippen LogP contribution in [-0.4, -0.2) is 20.2 Å². The minimum Gasteiger partial charge on any atom is -0.493 e. The zero-order valence-corrected chi connectivity index (χ0v) is 11.8. The van der Waals surface area contributed by atoms with Crippen molar-refractivity contribution in [2.24, 2.45) is 0 Å². The fraction of sp³-hybridized carbons (Fsp3) is 0.188. The van der Waals surface area contributed by atoms with Crippen LogP contribution in [0.3, 0.4) is 0 Å². The Balaban J connectivity index is 2.17. The molecule has 0 bridgehead atoms. The minimum atomic E-state index is -0.464. The number of ether oxygens (including phenoxy) is 3. The number of carbonyl (C=O) groups is 1. The van der Waals surface area contributed by atoms with Crippen LogP contribution in [0.1, 0.15) is 15.9 Å². The van der Waals surface area contributed by atoms with Crippen molar-refractivity contribution in [3.63, 3.8) is 0 Å². The first-order valence-corrected chi connectivity index (χ1v) is 6.28. The summed E-state index contributed by atoms with van der Waals surface area (Å²) >= 11 is 0. The lowest BCUT2D eigenvalue weighted by Crippen LogP contribution is -2.03. The van der Waals surface area contributed by atoms with Crippen LogP contribution >= 0.6 is 0 Å². The standard InChI is InChI=1S/C16H15FO4/c1-19-15-9-11(16(18)20-2)7-8-14(15)21-10-12-5-3-4-6-13(12)17/h3-9H,10H2,1-2H3. The van der Waals surface area contributed by atoms with Gasteiger partial charge in [0.25, 0.3) is 0 Å². The highest BCUT2D eigenvalue weighted by Gasteiger charge is 2.12. The van der Waals surface area contributed by atoms with Gasteiger partial charge in [0.2, 0.25) is 0 Å². The van der Waals surface area contributed by atoms with Crippen LogP contribution < -0.4 is 9.47 Å². The first-order valence-electron chi connectivity index (χ1n) is 6.28. The van der Waals surface area contributed by atoms with E-state index in [9.17, 15) is 9.18 Å². The van der Waals surface area contributed by atoms with Crippen molar-refractivity contribution in [2.45, 2.75) is 6.61 Å². The Labute approximate surface area is 122 Å². The van der Waals surface area contributed by atoms with E-state index in [-0.39, 0.29) is 12.4 Å². The molecule has 0 atom stereocenters. The molecule has 0 spiro atoms. The molecule has 0 aliphatic carbocycles. The van der Waals surface area contributed by atoms with Gasteiger partial charge in [-0.25, -0.2) is 9.18 Å². The first kappa shape index (κ1) is 14.8. The monoisotopic (exact) mass is 290 g/mol. The van der Waals surface area contributed by atoms with Gasteiger partial charge in [0.05, 0.1) is 19.8 Å². The zero-order valence-electron chi connectivity index (χ0n) is 11.8. The number of hydrogen-bond donors (Lipinski definition) is 0. The topological polar surface area (TPSA) is 44.8 Å². The highest BCUT2D eigenvalue weighted by molar-refractivity contribution is 5.90.